The molecule has 0 fully saturated rings. The van der Waals surface area contributed by atoms with Gasteiger partial charge in [0.15, 0.2) is 6.61 Å². The summed E-state index contributed by atoms with van der Waals surface area (Å²) in [5, 5.41) is 16.0. The molecule has 1 aromatic carbocycles. The van der Waals surface area contributed by atoms with Crippen molar-refractivity contribution < 1.29 is 19.4 Å². The Morgan fingerprint density at radius 1 is 1.44 bits per heavy atom. The molecule has 0 saturated heterocycles. The number of hydrogen-bond acceptors (Lipinski definition) is 5. The maximum atomic E-state index is 12.1. The van der Waals surface area contributed by atoms with E-state index in [-0.39, 0.29) is 17.2 Å². The molecule has 0 aliphatic carbocycles. The summed E-state index contributed by atoms with van der Waals surface area (Å²) in [5.74, 6) is 0.363. The maximum Gasteiger partial charge on any atom is 0.341 e. The highest BCUT2D eigenvalue weighted by atomic mass is 32.2. The molecule has 1 aromatic heterocycles. The first-order chi connectivity index (χ1) is 12.0. The van der Waals surface area contributed by atoms with Gasteiger partial charge in [-0.1, -0.05) is 18.2 Å². The Labute approximate surface area is 149 Å². The number of carboxylic acids is 1. The molecule has 0 radical (unpaired) electrons. The van der Waals surface area contributed by atoms with Gasteiger partial charge in [0.05, 0.1) is 17.2 Å². The third kappa shape index (κ3) is 3.63. The highest BCUT2D eigenvalue weighted by Crippen LogP contribution is 2.44. The molecule has 0 spiro atoms. The summed E-state index contributed by atoms with van der Waals surface area (Å²) in [4.78, 5) is 23.0. The van der Waals surface area contributed by atoms with Gasteiger partial charge in [-0.15, -0.1) is 11.8 Å². The predicted octanol–water partition coefficient (Wildman–Crippen LogP) is 2.70. The van der Waals surface area contributed by atoms with Crippen molar-refractivity contribution in [3.8, 4) is 5.75 Å². The highest BCUT2D eigenvalue weighted by molar-refractivity contribution is 8.00. The smallest absolute Gasteiger partial charge is 0.341 e. The summed E-state index contributed by atoms with van der Waals surface area (Å²) in [6, 6.07) is 7.40. The Morgan fingerprint density at radius 3 is 2.92 bits per heavy atom. The molecule has 0 unspecified atom stereocenters. The van der Waals surface area contributed by atoms with E-state index in [0.29, 0.717) is 17.3 Å². The highest BCUT2D eigenvalue weighted by Gasteiger charge is 2.30. The van der Waals surface area contributed by atoms with Crippen LogP contribution < -0.4 is 10.1 Å². The Morgan fingerprint density at radius 2 is 2.20 bits per heavy atom. The largest absolute Gasteiger partial charge is 0.482 e. The molecule has 1 amide bonds. The molecule has 1 atom stereocenters. The zero-order chi connectivity index (χ0) is 18.0. The number of thioether (sulfide) groups is 1. The number of benzene rings is 1. The van der Waals surface area contributed by atoms with Gasteiger partial charge >= 0.3 is 5.97 Å². The van der Waals surface area contributed by atoms with E-state index in [1.54, 1.807) is 23.0 Å². The Kier molecular flexibility index (Phi) is 4.98. The molecule has 0 bridgehead atoms. The van der Waals surface area contributed by atoms with Gasteiger partial charge in [-0.2, -0.15) is 5.10 Å². The SMILES string of the molecule is CC(C)n1ncc2c1NC(=O)CS[C@H]2c1ccccc1OCC(=O)O. The van der Waals surface area contributed by atoms with Gasteiger partial charge in [-0.3, -0.25) is 4.79 Å². The number of amides is 1. The van der Waals surface area contributed by atoms with Gasteiger partial charge in [-0.05, 0) is 19.9 Å². The topological polar surface area (TPSA) is 93.5 Å². The van der Waals surface area contributed by atoms with Gasteiger partial charge in [0, 0.05) is 17.2 Å². The second-order valence-electron chi connectivity index (χ2n) is 5.95. The first-order valence-corrected chi connectivity index (χ1v) is 8.94. The monoisotopic (exact) mass is 361 g/mol. The van der Waals surface area contributed by atoms with Crippen molar-refractivity contribution in [3.63, 3.8) is 0 Å². The van der Waals surface area contributed by atoms with Crippen LogP contribution in [0.4, 0.5) is 5.82 Å². The second kappa shape index (κ2) is 7.18. The van der Waals surface area contributed by atoms with Crippen LogP contribution in [-0.4, -0.2) is 39.1 Å². The van der Waals surface area contributed by atoms with Crippen molar-refractivity contribution in [2.75, 3.05) is 17.7 Å². The van der Waals surface area contributed by atoms with Gasteiger partial charge in [0.2, 0.25) is 5.91 Å². The van der Waals surface area contributed by atoms with Crippen LogP contribution in [0.5, 0.6) is 5.75 Å². The van der Waals surface area contributed by atoms with E-state index in [1.165, 1.54) is 11.8 Å². The number of hydrogen-bond donors (Lipinski definition) is 2. The molecule has 0 saturated carbocycles. The van der Waals surface area contributed by atoms with Crippen LogP contribution in [0.3, 0.4) is 0 Å². The van der Waals surface area contributed by atoms with Crippen LogP contribution in [0.25, 0.3) is 0 Å². The second-order valence-corrected chi connectivity index (χ2v) is 7.04. The van der Waals surface area contributed by atoms with E-state index in [4.69, 9.17) is 9.84 Å². The quantitative estimate of drug-likeness (QED) is 0.850. The normalized spacial score (nSPS) is 16.9. The molecule has 2 aromatic rings. The minimum atomic E-state index is -1.03. The number of aliphatic carboxylic acids is 1. The lowest BCUT2D eigenvalue weighted by Crippen LogP contribution is -2.17. The molecule has 7 nitrogen and oxygen atoms in total. The number of anilines is 1. The van der Waals surface area contributed by atoms with Crippen LogP contribution in [-0.2, 0) is 9.59 Å². The molecule has 1 aliphatic heterocycles. The molecule has 3 rings (SSSR count). The van der Waals surface area contributed by atoms with Gasteiger partial charge in [-0.25, -0.2) is 9.48 Å². The molecule has 1 aliphatic rings. The van der Waals surface area contributed by atoms with Crippen molar-refractivity contribution in [3.05, 3.63) is 41.6 Å². The lowest BCUT2D eigenvalue weighted by molar-refractivity contribution is -0.139. The first kappa shape index (κ1) is 17.3. The molecular formula is C17H19N3O4S. The van der Waals surface area contributed by atoms with Crippen molar-refractivity contribution >= 4 is 29.5 Å². The van der Waals surface area contributed by atoms with Crippen LogP contribution in [0, 0.1) is 0 Å². The Balaban J connectivity index is 2.04. The van der Waals surface area contributed by atoms with E-state index in [0.717, 1.165) is 11.1 Å². The van der Waals surface area contributed by atoms with Gasteiger partial charge < -0.3 is 15.2 Å². The number of nitrogens with one attached hydrogen (secondary N) is 1. The number of carbonyl (C=O) groups excluding carboxylic acids is 1. The van der Waals surface area contributed by atoms with Crippen molar-refractivity contribution in [1.29, 1.82) is 0 Å². The van der Waals surface area contributed by atoms with E-state index in [1.807, 2.05) is 26.0 Å². The minimum Gasteiger partial charge on any atom is -0.482 e. The van der Waals surface area contributed by atoms with E-state index in [9.17, 15) is 9.59 Å². The summed E-state index contributed by atoms with van der Waals surface area (Å²) in [7, 11) is 0. The summed E-state index contributed by atoms with van der Waals surface area (Å²) in [6.07, 6.45) is 1.76. The van der Waals surface area contributed by atoms with Crippen LogP contribution >= 0.6 is 11.8 Å². The number of fused-ring (bicyclic) bond motifs is 1. The number of nitrogens with zero attached hydrogens (tertiary/aromatic N) is 2. The summed E-state index contributed by atoms with van der Waals surface area (Å²) in [6.45, 7) is 3.58. The standard InChI is InChI=1S/C17H19N3O4S/c1-10(2)20-17-12(7-18-20)16(25-9-14(21)19-17)11-5-3-4-6-13(11)24-8-15(22)23/h3-7,10,16H,8-9H2,1-2H3,(H,19,21)(H,22,23)/t16-/m0/s1. The van der Waals surface area contributed by atoms with E-state index < -0.39 is 12.6 Å². The molecule has 2 heterocycles. The Hall–Kier alpha value is -2.48. The summed E-state index contributed by atoms with van der Waals surface area (Å²) in [5.41, 5.74) is 1.71. The number of carbonyl (C=O) groups is 2. The van der Waals surface area contributed by atoms with Crippen molar-refractivity contribution in [1.82, 2.24) is 9.78 Å². The van der Waals surface area contributed by atoms with Gasteiger partial charge in [0.25, 0.3) is 0 Å². The average Bonchev–Trinajstić information content (AvgIpc) is 2.90. The van der Waals surface area contributed by atoms with Crippen LogP contribution in [0.2, 0.25) is 0 Å². The van der Waals surface area contributed by atoms with Crippen LogP contribution in [0.15, 0.2) is 30.5 Å². The molecule has 132 valence electrons. The Bertz CT molecular complexity index is 803. The molecular weight excluding hydrogens is 342 g/mol. The lowest BCUT2D eigenvalue weighted by Gasteiger charge is -2.18. The molecule has 2 N–H and O–H groups in total. The van der Waals surface area contributed by atoms with Crippen LogP contribution in [0.1, 0.15) is 36.3 Å². The van der Waals surface area contributed by atoms with E-state index >= 15 is 0 Å². The minimum absolute atomic E-state index is 0.0833. The fourth-order valence-electron chi connectivity index (χ4n) is 2.73. The first-order valence-electron chi connectivity index (χ1n) is 7.89. The maximum absolute atomic E-state index is 12.1. The van der Waals surface area contributed by atoms with E-state index in [2.05, 4.69) is 10.4 Å². The third-order valence-corrected chi connectivity index (χ3v) is 5.06. The predicted molar refractivity (Wildman–Crippen MR) is 95.1 cm³/mol. The van der Waals surface area contributed by atoms with Crippen molar-refractivity contribution in [2.24, 2.45) is 0 Å². The average molecular weight is 361 g/mol. The lowest BCUT2D eigenvalue weighted by atomic mass is 10.1. The zero-order valence-corrected chi connectivity index (χ0v) is 14.7. The fourth-order valence-corrected chi connectivity index (χ4v) is 3.85. The number of para-hydroxylation sites is 1. The third-order valence-electron chi connectivity index (χ3n) is 3.79. The summed E-state index contributed by atoms with van der Waals surface area (Å²) < 4.78 is 7.23. The number of ether oxygens (including phenoxy) is 1. The van der Waals surface area contributed by atoms with Gasteiger partial charge in [0.1, 0.15) is 11.6 Å². The molecule has 8 heteroatoms. The number of rotatable bonds is 5. The number of carboxylic acid groups (broad SMARTS) is 1. The zero-order valence-electron chi connectivity index (χ0n) is 13.9. The fraction of sp³-hybridized carbons (Fsp3) is 0.353. The summed E-state index contributed by atoms with van der Waals surface area (Å²) >= 11 is 1.47. The van der Waals surface area contributed by atoms with Crippen molar-refractivity contribution in [2.45, 2.75) is 25.1 Å². The molecule has 25 heavy (non-hydrogen) atoms. The number of aromatic nitrogens is 2.